The number of carbonyl (C=O) groups is 2. The van der Waals surface area contributed by atoms with Crippen LogP contribution < -0.4 is 20.1 Å². The number of carbonyl (C=O) groups excluding carboxylic acids is 2. The van der Waals surface area contributed by atoms with E-state index in [0.29, 0.717) is 39.4 Å². The zero-order valence-electron chi connectivity index (χ0n) is 14.4. The fourth-order valence-corrected chi connectivity index (χ4v) is 3.81. The lowest BCUT2D eigenvalue weighted by molar-refractivity contribution is -0.138. The molecular formula is C17H19BrN2O5S. The van der Waals surface area contributed by atoms with Crippen molar-refractivity contribution in [1.82, 2.24) is 10.6 Å². The minimum Gasteiger partial charge on any atom is -0.461 e. The van der Waals surface area contributed by atoms with Gasteiger partial charge in [0, 0.05) is 15.9 Å². The van der Waals surface area contributed by atoms with Gasteiger partial charge in [-0.05, 0) is 30.4 Å². The lowest BCUT2D eigenvalue weighted by Crippen LogP contribution is -2.45. The summed E-state index contributed by atoms with van der Waals surface area (Å²) in [6.45, 7) is 4.19. The summed E-state index contributed by atoms with van der Waals surface area (Å²) in [5, 5.41) is 5.42. The summed E-state index contributed by atoms with van der Waals surface area (Å²) in [7, 11) is 0. The number of hydrogen-bond donors (Lipinski definition) is 2. The van der Waals surface area contributed by atoms with Gasteiger partial charge in [-0.15, -0.1) is 0 Å². The van der Waals surface area contributed by atoms with E-state index in [1.54, 1.807) is 30.8 Å². The summed E-state index contributed by atoms with van der Waals surface area (Å²) in [5.74, 6) is 2.42. The van der Waals surface area contributed by atoms with Crippen LogP contribution in [-0.4, -0.2) is 36.9 Å². The second-order valence-electron chi connectivity index (χ2n) is 5.63. The lowest BCUT2D eigenvalue weighted by atomic mass is 9.95. The number of nitrogens with one attached hydrogen (secondary N) is 2. The van der Waals surface area contributed by atoms with E-state index >= 15 is 0 Å². The molecule has 0 aliphatic carbocycles. The number of allylic oxidation sites excluding steroid dienone is 1. The highest BCUT2D eigenvalue weighted by atomic mass is 79.9. The zero-order chi connectivity index (χ0) is 18.7. The molecule has 0 unspecified atom stereocenters. The Morgan fingerprint density at radius 1 is 1.38 bits per heavy atom. The first-order valence-electron chi connectivity index (χ1n) is 8.13. The predicted octanol–water partition coefficient (Wildman–Crippen LogP) is 3.10. The summed E-state index contributed by atoms with van der Waals surface area (Å²) in [6.07, 6.45) is 0. The van der Waals surface area contributed by atoms with Crippen molar-refractivity contribution in [2.75, 3.05) is 24.9 Å². The molecule has 0 saturated carbocycles. The molecule has 2 N–H and O–H groups in total. The molecule has 2 aliphatic heterocycles. The lowest BCUT2D eigenvalue weighted by Gasteiger charge is -2.28. The molecule has 140 valence electrons. The van der Waals surface area contributed by atoms with Crippen LogP contribution in [0.25, 0.3) is 0 Å². The van der Waals surface area contributed by atoms with E-state index in [4.69, 9.17) is 14.2 Å². The highest BCUT2D eigenvalue weighted by Crippen LogP contribution is 2.41. The Bertz CT molecular complexity index is 768. The molecule has 7 nitrogen and oxygen atoms in total. The van der Waals surface area contributed by atoms with E-state index in [9.17, 15) is 9.59 Å². The van der Waals surface area contributed by atoms with Crippen LogP contribution in [0.3, 0.4) is 0 Å². The molecule has 0 radical (unpaired) electrons. The van der Waals surface area contributed by atoms with Crippen LogP contribution in [0, 0.1) is 0 Å². The number of thioether (sulfide) groups is 1. The largest absolute Gasteiger partial charge is 0.461 e. The fraction of sp³-hybridized carbons (Fsp3) is 0.412. The van der Waals surface area contributed by atoms with Crippen molar-refractivity contribution in [2.24, 2.45) is 0 Å². The number of fused-ring (bicyclic) bond motifs is 1. The second-order valence-corrected chi connectivity index (χ2v) is 7.88. The Balaban J connectivity index is 1.90. The molecule has 9 heteroatoms. The molecule has 1 aromatic carbocycles. The summed E-state index contributed by atoms with van der Waals surface area (Å²) >= 11 is 5.18. The third-order valence-electron chi connectivity index (χ3n) is 3.96. The molecule has 0 saturated heterocycles. The third-order valence-corrected chi connectivity index (χ3v) is 5.51. The molecule has 0 fully saturated rings. The van der Waals surface area contributed by atoms with Gasteiger partial charge in [-0.3, -0.25) is 0 Å². The summed E-state index contributed by atoms with van der Waals surface area (Å²) in [5.41, 5.74) is 1.53. The maximum absolute atomic E-state index is 12.7. The Labute approximate surface area is 163 Å². The van der Waals surface area contributed by atoms with Crippen molar-refractivity contribution in [3.63, 3.8) is 0 Å². The Morgan fingerprint density at radius 3 is 2.85 bits per heavy atom. The third kappa shape index (κ3) is 3.93. The quantitative estimate of drug-likeness (QED) is 0.519. The van der Waals surface area contributed by atoms with Crippen LogP contribution in [0.5, 0.6) is 11.5 Å². The molecule has 2 aliphatic rings. The van der Waals surface area contributed by atoms with Gasteiger partial charge in [-0.2, -0.15) is 11.8 Å². The Morgan fingerprint density at radius 2 is 2.12 bits per heavy atom. The first kappa shape index (κ1) is 18.9. The zero-order valence-corrected chi connectivity index (χ0v) is 16.8. The maximum Gasteiger partial charge on any atom is 0.338 e. The van der Waals surface area contributed by atoms with Crippen molar-refractivity contribution in [3.8, 4) is 11.5 Å². The van der Waals surface area contributed by atoms with Gasteiger partial charge in [-0.1, -0.05) is 22.9 Å². The van der Waals surface area contributed by atoms with Crippen molar-refractivity contribution in [1.29, 1.82) is 0 Å². The van der Waals surface area contributed by atoms with Crippen LogP contribution >= 0.6 is 27.7 Å². The predicted molar refractivity (Wildman–Crippen MR) is 101 cm³/mol. The fourth-order valence-electron chi connectivity index (χ4n) is 2.77. The average Bonchev–Trinajstić information content (AvgIpc) is 3.04. The van der Waals surface area contributed by atoms with Gasteiger partial charge in [-0.25, -0.2) is 9.59 Å². The molecule has 26 heavy (non-hydrogen) atoms. The average molecular weight is 443 g/mol. The number of amides is 2. The minimum atomic E-state index is -0.654. The van der Waals surface area contributed by atoms with E-state index in [2.05, 4.69) is 26.6 Å². The molecule has 0 spiro atoms. The van der Waals surface area contributed by atoms with E-state index in [0.717, 1.165) is 11.5 Å². The molecule has 1 aromatic rings. The van der Waals surface area contributed by atoms with Crippen molar-refractivity contribution in [2.45, 2.75) is 19.9 Å². The van der Waals surface area contributed by atoms with E-state index in [-0.39, 0.29) is 12.8 Å². The number of halogens is 1. The number of rotatable bonds is 6. The van der Waals surface area contributed by atoms with E-state index in [1.165, 1.54) is 0 Å². The number of esters is 1. The topological polar surface area (TPSA) is 85.9 Å². The molecule has 2 amide bonds. The van der Waals surface area contributed by atoms with Gasteiger partial charge in [0.1, 0.15) is 6.61 Å². The number of benzene rings is 1. The Kier molecular flexibility index (Phi) is 5.98. The van der Waals surface area contributed by atoms with Crippen LogP contribution in [0.15, 0.2) is 27.9 Å². The second kappa shape index (κ2) is 8.22. The number of ether oxygens (including phenoxy) is 3. The van der Waals surface area contributed by atoms with Crippen molar-refractivity contribution >= 4 is 39.7 Å². The maximum atomic E-state index is 12.7. The molecular weight excluding hydrogens is 424 g/mol. The molecule has 2 heterocycles. The van der Waals surface area contributed by atoms with Gasteiger partial charge in [0.05, 0.1) is 11.6 Å². The highest BCUT2D eigenvalue weighted by molar-refractivity contribution is 9.10. The molecule has 1 atom stereocenters. The van der Waals surface area contributed by atoms with Gasteiger partial charge in [0.15, 0.2) is 11.5 Å². The van der Waals surface area contributed by atoms with Gasteiger partial charge in [0.2, 0.25) is 6.79 Å². The smallest absolute Gasteiger partial charge is 0.338 e. The number of hydrogen-bond acceptors (Lipinski definition) is 6. The highest BCUT2D eigenvalue weighted by Gasteiger charge is 2.34. The van der Waals surface area contributed by atoms with Crippen molar-refractivity contribution < 1.29 is 23.8 Å². The summed E-state index contributed by atoms with van der Waals surface area (Å²) in [6, 6.07) is 2.49. The summed E-state index contributed by atoms with van der Waals surface area (Å²) in [4.78, 5) is 24.6. The Hall–Kier alpha value is -1.87. The van der Waals surface area contributed by atoms with E-state index < -0.39 is 12.0 Å². The molecule has 0 bridgehead atoms. The normalized spacial score (nSPS) is 18.4. The first-order valence-corrected chi connectivity index (χ1v) is 10.1. The molecule has 3 rings (SSSR count). The summed E-state index contributed by atoms with van der Waals surface area (Å²) < 4.78 is 16.9. The van der Waals surface area contributed by atoms with Gasteiger partial charge in [0.25, 0.3) is 0 Å². The van der Waals surface area contributed by atoms with Crippen LogP contribution in [0.4, 0.5) is 4.79 Å². The number of urea groups is 1. The van der Waals surface area contributed by atoms with Gasteiger partial charge >= 0.3 is 12.0 Å². The van der Waals surface area contributed by atoms with Crippen LogP contribution in [0.1, 0.15) is 25.5 Å². The molecule has 0 aromatic heterocycles. The van der Waals surface area contributed by atoms with Crippen LogP contribution in [-0.2, 0) is 9.53 Å². The standard InChI is InChI=1S/C17H19BrN2O5S/c1-3-26-5-4-23-16(21)14-9(2)19-17(22)20-15(14)10-6-12-13(7-11(10)18)25-8-24-12/h6-7,15H,3-5,8H2,1-2H3,(H2,19,20,22)/t15-/m0/s1. The SMILES string of the molecule is CCSCCOC(=O)C1=C(C)NC(=O)N[C@H]1c1cc2c(cc1Br)OCO2. The van der Waals surface area contributed by atoms with Gasteiger partial charge < -0.3 is 24.8 Å². The van der Waals surface area contributed by atoms with Crippen molar-refractivity contribution in [3.05, 3.63) is 33.4 Å². The monoisotopic (exact) mass is 442 g/mol. The minimum absolute atomic E-state index is 0.142. The first-order chi connectivity index (χ1) is 12.5. The van der Waals surface area contributed by atoms with E-state index in [1.807, 2.05) is 6.92 Å². The van der Waals surface area contributed by atoms with Crippen LogP contribution in [0.2, 0.25) is 0 Å².